The van der Waals surface area contributed by atoms with E-state index in [2.05, 4.69) is 6.92 Å². The van der Waals surface area contributed by atoms with Crippen molar-refractivity contribution in [2.45, 2.75) is 12.4 Å². The number of hydrogen-bond donors (Lipinski definition) is 0. The van der Waals surface area contributed by atoms with Gasteiger partial charge in [0.25, 0.3) is 0 Å². The van der Waals surface area contributed by atoms with Crippen LogP contribution in [0.25, 0.3) is 0 Å². The molecule has 0 aliphatic carbocycles. The number of halogens is 7. The van der Waals surface area contributed by atoms with Crippen LogP contribution in [0.5, 0.6) is 0 Å². The van der Waals surface area contributed by atoms with Gasteiger partial charge < -0.3 is 12.4 Å². The van der Waals surface area contributed by atoms with Gasteiger partial charge in [0.2, 0.25) is 0 Å². The largest absolute Gasteiger partial charge is 2.00 e. The van der Waals surface area contributed by atoms with Crippen molar-refractivity contribution in [3.8, 4) is 0 Å². The maximum absolute atomic E-state index is 12.1. The van der Waals surface area contributed by atoms with Crippen LogP contribution in [0.15, 0.2) is 18.2 Å². The predicted octanol–water partition coefficient (Wildman–Crippen LogP) is 0.530. The van der Waals surface area contributed by atoms with Gasteiger partial charge in [-0.2, -0.15) is 51.0 Å². The van der Waals surface area contributed by atoms with Gasteiger partial charge in [0.1, 0.15) is 0 Å². The van der Waals surface area contributed by atoms with Crippen molar-refractivity contribution >= 4 is 23.1 Å². The molecule has 1 aromatic carbocycles. The molecule has 1 aromatic rings. The molecule has 0 spiro atoms. The summed E-state index contributed by atoms with van der Waals surface area (Å²) in [6.45, 7) is 3.07. The summed E-state index contributed by atoms with van der Waals surface area (Å²) in [5.41, 5.74) is -3.01. The molecule has 0 aromatic heterocycles. The van der Waals surface area contributed by atoms with Gasteiger partial charge in [0, 0.05) is 11.1 Å². The average Bonchev–Trinajstić information content (AvgIpc) is 1.99. The maximum atomic E-state index is 12.1. The van der Waals surface area contributed by atoms with Gasteiger partial charge in [-0.15, -0.1) is 0 Å². The van der Waals surface area contributed by atoms with E-state index in [0.717, 1.165) is 0 Å². The van der Waals surface area contributed by atoms with Crippen LogP contribution in [0.4, 0.5) is 26.3 Å². The summed E-state index contributed by atoms with van der Waals surface area (Å²) >= 11 is 0. The van der Waals surface area contributed by atoms with Gasteiger partial charge in [-0.05, 0) is 0 Å². The van der Waals surface area contributed by atoms with Crippen molar-refractivity contribution in [1.29, 1.82) is 0 Å². The molecule has 0 bridgehead atoms. The van der Waals surface area contributed by atoms with E-state index in [-0.39, 0.29) is 47.1 Å². The third kappa shape index (κ3) is 5.26. The summed E-state index contributed by atoms with van der Waals surface area (Å²) in [4.78, 5) is 0. The SMILES string of the molecule is [CH2-]c1cc(C(F)(F)F)cc(C(F)(F)F)c1.[Cl-].[Mg+2]. The zero-order valence-corrected chi connectivity index (χ0v) is 10.5. The van der Waals surface area contributed by atoms with Crippen LogP contribution in [0, 0.1) is 6.92 Å². The molecule has 0 saturated carbocycles. The Bertz CT molecular complexity index is 338. The quantitative estimate of drug-likeness (QED) is 0.371. The third-order valence-corrected chi connectivity index (χ3v) is 1.65. The van der Waals surface area contributed by atoms with Gasteiger partial charge in [-0.1, -0.05) is 6.07 Å². The van der Waals surface area contributed by atoms with Crippen LogP contribution in [-0.2, 0) is 12.4 Å². The second-order valence-electron chi connectivity index (χ2n) is 2.91. The molecule has 1 rings (SSSR count). The Hall–Kier alpha value is -0.274. The van der Waals surface area contributed by atoms with Gasteiger partial charge in [-0.25, -0.2) is 0 Å². The second-order valence-corrected chi connectivity index (χ2v) is 2.91. The molecule has 0 nitrogen and oxygen atoms in total. The Morgan fingerprint density at radius 2 is 1.06 bits per heavy atom. The fourth-order valence-corrected chi connectivity index (χ4v) is 1.02. The van der Waals surface area contributed by atoms with Gasteiger partial charge in [0.05, 0.1) is 0 Å². The standard InChI is InChI=1S/C9H5F6.ClH.Mg/c1-5-2-6(8(10,11)12)4-7(3-5)9(13,14)15;;/h2-4H,1H2;1H;/q-1;;+2/p-1. The molecular formula is C9H5ClF6Mg. The molecule has 0 heterocycles. The summed E-state index contributed by atoms with van der Waals surface area (Å²) in [5, 5.41) is 0. The smallest absolute Gasteiger partial charge is 1.00 e. The molecule has 0 atom stereocenters. The van der Waals surface area contributed by atoms with E-state index in [1.54, 1.807) is 0 Å². The topological polar surface area (TPSA) is 0 Å². The zero-order chi connectivity index (χ0) is 11.9. The maximum Gasteiger partial charge on any atom is 2.00 e. The number of benzene rings is 1. The number of hydrogen-bond acceptors (Lipinski definition) is 0. The molecule has 0 N–H and O–H groups in total. The summed E-state index contributed by atoms with van der Waals surface area (Å²) in [6.07, 6.45) is -9.60. The van der Waals surface area contributed by atoms with E-state index < -0.39 is 23.5 Å². The number of rotatable bonds is 0. The van der Waals surface area contributed by atoms with Crippen LogP contribution in [0.3, 0.4) is 0 Å². The Morgan fingerprint density at radius 3 is 1.29 bits per heavy atom. The summed E-state index contributed by atoms with van der Waals surface area (Å²) in [6, 6.07) is 1.19. The molecule has 0 aliphatic heterocycles. The monoisotopic (exact) mass is 286 g/mol. The molecule has 92 valence electrons. The molecule has 17 heavy (non-hydrogen) atoms. The van der Waals surface area contributed by atoms with Crippen molar-refractivity contribution < 1.29 is 38.7 Å². The summed E-state index contributed by atoms with van der Waals surface area (Å²) in [7, 11) is 0. The second kappa shape index (κ2) is 6.06. The van der Waals surface area contributed by atoms with Crippen LogP contribution >= 0.6 is 0 Å². The van der Waals surface area contributed by atoms with Crippen LogP contribution in [0.2, 0.25) is 0 Å². The minimum absolute atomic E-state index is 0. The molecule has 0 amide bonds. The van der Waals surface area contributed by atoms with Crippen molar-refractivity contribution in [3.63, 3.8) is 0 Å². The molecule has 0 fully saturated rings. The third-order valence-electron chi connectivity index (χ3n) is 1.65. The molecule has 8 heteroatoms. The average molecular weight is 287 g/mol. The fourth-order valence-electron chi connectivity index (χ4n) is 1.02. The minimum Gasteiger partial charge on any atom is -1.00 e. The van der Waals surface area contributed by atoms with E-state index in [4.69, 9.17) is 0 Å². The molecule has 0 radical (unpaired) electrons. The zero-order valence-electron chi connectivity index (χ0n) is 8.29. The summed E-state index contributed by atoms with van der Waals surface area (Å²) in [5.74, 6) is 0. The first kappa shape index (κ1) is 19.1. The van der Waals surface area contributed by atoms with Crippen LogP contribution in [-0.4, -0.2) is 23.1 Å². The Morgan fingerprint density at radius 1 is 0.765 bits per heavy atom. The van der Waals surface area contributed by atoms with E-state index in [9.17, 15) is 26.3 Å². The molecule has 0 unspecified atom stereocenters. The van der Waals surface area contributed by atoms with Crippen molar-refractivity contribution in [1.82, 2.24) is 0 Å². The first-order chi connectivity index (χ1) is 6.60. The van der Waals surface area contributed by atoms with Gasteiger partial charge in [-0.3, -0.25) is 0 Å². The van der Waals surface area contributed by atoms with Crippen molar-refractivity contribution in [2.24, 2.45) is 0 Å². The normalized spacial score (nSPS) is 11.4. The summed E-state index contributed by atoms with van der Waals surface area (Å²) < 4.78 is 72.8. The van der Waals surface area contributed by atoms with E-state index in [0.29, 0.717) is 12.1 Å². The first-order valence-electron chi connectivity index (χ1n) is 3.72. The van der Waals surface area contributed by atoms with E-state index >= 15 is 0 Å². The minimum atomic E-state index is -4.80. The Kier molecular flexibility index (Phi) is 6.80. The van der Waals surface area contributed by atoms with Crippen LogP contribution in [0.1, 0.15) is 16.7 Å². The fraction of sp³-hybridized carbons (Fsp3) is 0.222. The first-order valence-corrected chi connectivity index (χ1v) is 3.72. The molecule has 0 aliphatic rings. The van der Waals surface area contributed by atoms with Gasteiger partial charge in [0.15, 0.2) is 0 Å². The van der Waals surface area contributed by atoms with Gasteiger partial charge >= 0.3 is 35.4 Å². The van der Waals surface area contributed by atoms with Crippen LogP contribution < -0.4 is 12.4 Å². The molecular weight excluding hydrogens is 282 g/mol. The molecule has 0 saturated heterocycles. The Labute approximate surface area is 116 Å². The Balaban J connectivity index is 0. The van der Waals surface area contributed by atoms with E-state index in [1.807, 2.05) is 0 Å². The predicted molar refractivity (Wildman–Crippen MR) is 46.7 cm³/mol. The van der Waals surface area contributed by atoms with Crippen molar-refractivity contribution in [3.05, 3.63) is 41.8 Å². The number of alkyl halides is 6. The van der Waals surface area contributed by atoms with E-state index in [1.165, 1.54) is 0 Å². The van der Waals surface area contributed by atoms with Crippen molar-refractivity contribution in [2.75, 3.05) is 0 Å².